The highest BCUT2D eigenvalue weighted by Gasteiger charge is 2.35. The molecule has 1 aliphatic heterocycles. The molecule has 0 aliphatic carbocycles. The summed E-state index contributed by atoms with van der Waals surface area (Å²) in [5, 5.41) is 10.5. The Hall–Kier alpha value is -1.87. The number of nitrogens with two attached hydrogens (primary N) is 1. The lowest BCUT2D eigenvalue weighted by Gasteiger charge is -2.14. The molecule has 5 nitrogen and oxygen atoms in total. The molecule has 88 valence electrons. The molecule has 0 aromatic carbocycles. The van der Waals surface area contributed by atoms with Crippen LogP contribution < -0.4 is 5.73 Å². The molecular weight excluding hydrogens is 238 g/mol. The van der Waals surface area contributed by atoms with E-state index < -0.39 is 11.8 Å². The largest absolute Gasteiger partial charge is 0.369 e. The molecular formula is C11H11N3O2S. The summed E-state index contributed by atoms with van der Waals surface area (Å²) in [6.45, 7) is 0.991. The van der Waals surface area contributed by atoms with Crippen LogP contribution >= 0.6 is 11.3 Å². The summed E-state index contributed by atoms with van der Waals surface area (Å²) in [6.07, 6.45) is 0.489. The molecule has 0 saturated carbocycles. The summed E-state index contributed by atoms with van der Waals surface area (Å²) in [7, 11) is 0. The van der Waals surface area contributed by atoms with E-state index in [0.29, 0.717) is 24.4 Å². The number of rotatable bonds is 3. The van der Waals surface area contributed by atoms with Crippen LogP contribution in [0.15, 0.2) is 11.4 Å². The van der Waals surface area contributed by atoms with E-state index in [1.54, 1.807) is 11.0 Å². The van der Waals surface area contributed by atoms with Crippen molar-refractivity contribution >= 4 is 23.2 Å². The van der Waals surface area contributed by atoms with Crippen molar-refractivity contribution in [3.05, 3.63) is 21.9 Å². The first-order chi connectivity index (χ1) is 8.11. The van der Waals surface area contributed by atoms with Crippen LogP contribution in [0.2, 0.25) is 0 Å². The molecule has 0 spiro atoms. The van der Waals surface area contributed by atoms with Gasteiger partial charge in [0.05, 0.1) is 0 Å². The molecule has 1 fully saturated rings. The third-order valence-corrected chi connectivity index (χ3v) is 3.66. The van der Waals surface area contributed by atoms with Crippen LogP contribution in [0.3, 0.4) is 0 Å². The van der Waals surface area contributed by atoms with Crippen molar-refractivity contribution in [2.75, 3.05) is 6.54 Å². The molecule has 0 unspecified atom stereocenters. The maximum absolute atomic E-state index is 11.8. The molecule has 1 aliphatic rings. The van der Waals surface area contributed by atoms with Crippen LogP contribution in [0.4, 0.5) is 0 Å². The van der Waals surface area contributed by atoms with Gasteiger partial charge in [0.2, 0.25) is 11.8 Å². The van der Waals surface area contributed by atoms with Crippen LogP contribution in [-0.2, 0) is 16.1 Å². The number of carbonyl (C=O) groups is 2. The Morgan fingerprint density at radius 3 is 3.00 bits per heavy atom. The molecule has 1 atom stereocenters. The van der Waals surface area contributed by atoms with Gasteiger partial charge in [0.25, 0.3) is 0 Å². The lowest BCUT2D eigenvalue weighted by Crippen LogP contribution is -2.33. The lowest BCUT2D eigenvalue weighted by molar-refractivity contribution is -0.136. The van der Waals surface area contributed by atoms with E-state index in [4.69, 9.17) is 11.0 Å². The first-order valence-corrected chi connectivity index (χ1v) is 6.05. The second-order valence-electron chi connectivity index (χ2n) is 3.93. The molecule has 2 rings (SSSR count). The van der Waals surface area contributed by atoms with Gasteiger partial charge in [0.1, 0.15) is 16.9 Å². The molecule has 0 radical (unpaired) electrons. The van der Waals surface area contributed by atoms with Gasteiger partial charge in [0.15, 0.2) is 0 Å². The first kappa shape index (κ1) is 11.6. The van der Waals surface area contributed by atoms with Gasteiger partial charge in [-0.2, -0.15) is 5.26 Å². The number of carbonyl (C=O) groups excluding carboxylic acids is 2. The molecule has 2 amide bonds. The highest BCUT2D eigenvalue weighted by Crippen LogP contribution is 2.22. The van der Waals surface area contributed by atoms with Crippen molar-refractivity contribution in [2.24, 2.45) is 11.7 Å². The van der Waals surface area contributed by atoms with E-state index in [2.05, 4.69) is 6.07 Å². The Labute approximate surface area is 102 Å². The summed E-state index contributed by atoms with van der Waals surface area (Å²) in [5.41, 5.74) is 6.06. The number of thiophene rings is 1. The minimum Gasteiger partial charge on any atom is -0.369 e. The molecule has 1 aromatic heterocycles. The zero-order valence-corrected chi connectivity index (χ0v) is 9.87. The quantitative estimate of drug-likeness (QED) is 0.789. The molecule has 2 N–H and O–H groups in total. The second-order valence-corrected chi connectivity index (χ2v) is 4.85. The van der Waals surface area contributed by atoms with Gasteiger partial charge < -0.3 is 10.6 Å². The SMILES string of the molecule is N#Cc1cc(CN2CC[C@@H](C(N)=O)C2=O)cs1. The van der Waals surface area contributed by atoms with Crippen molar-refractivity contribution in [1.82, 2.24) is 4.90 Å². The normalized spacial score (nSPS) is 19.4. The average Bonchev–Trinajstić information content (AvgIpc) is 2.87. The molecule has 17 heavy (non-hydrogen) atoms. The van der Waals surface area contributed by atoms with E-state index in [1.807, 2.05) is 5.38 Å². The van der Waals surface area contributed by atoms with E-state index in [1.165, 1.54) is 11.3 Å². The van der Waals surface area contributed by atoms with Gasteiger partial charge in [0, 0.05) is 13.1 Å². The van der Waals surface area contributed by atoms with Crippen LogP contribution in [-0.4, -0.2) is 23.3 Å². The van der Waals surface area contributed by atoms with Crippen molar-refractivity contribution in [1.29, 1.82) is 5.26 Å². The predicted molar refractivity (Wildman–Crippen MR) is 61.8 cm³/mol. The van der Waals surface area contributed by atoms with Gasteiger partial charge in [-0.05, 0) is 23.4 Å². The Kier molecular flexibility index (Phi) is 3.11. The number of nitriles is 1. The van der Waals surface area contributed by atoms with Crippen LogP contribution in [0.25, 0.3) is 0 Å². The third-order valence-electron chi connectivity index (χ3n) is 2.78. The number of hydrogen-bond acceptors (Lipinski definition) is 4. The van der Waals surface area contributed by atoms with Crippen molar-refractivity contribution in [2.45, 2.75) is 13.0 Å². The fraction of sp³-hybridized carbons (Fsp3) is 0.364. The Morgan fingerprint density at radius 2 is 2.47 bits per heavy atom. The molecule has 6 heteroatoms. The topological polar surface area (TPSA) is 87.2 Å². The van der Waals surface area contributed by atoms with E-state index in [0.717, 1.165) is 5.56 Å². The zero-order chi connectivity index (χ0) is 12.4. The predicted octanol–water partition coefficient (Wildman–Crippen LogP) is 0.454. The van der Waals surface area contributed by atoms with Crippen LogP contribution in [0.1, 0.15) is 16.9 Å². The second kappa shape index (κ2) is 4.55. The number of hydrogen-bond donors (Lipinski definition) is 1. The monoisotopic (exact) mass is 249 g/mol. The minimum atomic E-state index is -0.677. The maximum atomic E-state index is 11.8. The van der Waals surface area contributed by atoms with E-state index in [9.17, 15) is 9.59 Å². The maximum Gasteiger partial charge on any atom is 0.235 e. The summed E-state index contributed by atoms with van der Waals surface area (Å²) >= 11 is 1.35. The molecule has 1 aromatic rings. The van der Waals surface area contributed by atoms with Crippen molar-refractivity contribution in [3.8, 4) is 6.07 Å². The molecule has 2 heterocycles. The summed E-state index contributed by atoms with van der Waals surface area (Å²) in [6, 6.07) is 3.81. The summed E-state index contributed by atoms with van der Waals surface area (Å²) in [4.78, 5) is 25.0. The summed E-state index contributed by atoms with van der Waals surface area (Å²) < 4.78 is 0. The highest BCUT2D eigenvalue weighted by molar-refractivity contribution is 7.10. The zero-order valence-electron chi connectivity index (χ0n) is 9.05. The fourth-order valence-corrected chi connectivity index (χ4v) is 2.59. The smallest absolute Gasteiger partial charge is 0.235 e. The Bertz CT molecular complexity index is 503. The highest BCUT2D eigenvalue weighted by atomic mass is 32.1. The number of likely N-dealkylation sites (tertiary alicyclic amines) is 1. The fourth-order valence-electron chi connectivity index (χ4n) is 1.90. The van der Waals surface area contributed by atoms with Crippen molar-refractivity contribution in [3.63, 3.8) is 0 Å². The molecule has 0 bridgehead atoms. The standard InChI is InChI=1S/C11H11N3O2S/c12-4-8-3-7(6-17-8)5-14-2-1-9(10(13)15)11(14)16/h3,6,9H,1-2,5H2,(H2,13,15)/t9-/m0/s1. The minimum absolute atomic E-state index is 0.206. The number of amides is 2. The average molecular weight is 249 g/mol. The number of primary amides is 1. The van der Waals surface area contributed by atoms with Gasteiger partial charge in [-0.1, -0.05) is 0 Å². The van der Waals surface area contributed by atoms with Crippen LogP contribution in [0.5, 0.6) is 0 Å². The Morgan fingerprint density at radius 1 is 1.71 bits per heavy atom. The van der Waals surface area contributed by atoms with Gasteiger partial charge in [-0.3, -0.25) is 9.59 Å². The Balaban J connectivity index is 2.04. The van der Waals surface area contributed by atoms with Gasteiger partial charge in [-0.25, -0.2) is 0 Å². The molecule has 1 saturated heterocycles. The third kappa shape index (κ3) is 2.29. The summed E-state index contributed by atoms with van der Waals surface area (Å²) in [5.74, 6) is -1.44. The van der Waals surface area contributed by atoms with E-state index in [-0.39, 0.29) is 5.91 Å². The van der Waals surface area contributed by atoms with Gasteiger partial charge in [-0.15, -0.1) is 11.3 Å². The van der Waals surface area contributed by atoms with Gasteiger partial charge >= 0.3 is 0 Å². The lowest BCUT2D eigenvalue weighted by atomic mass is 10.1. The van der Waals surface area contributed by atoms with E-state index >= 15 is 0 Å². The first-order valence-electron chi connectivity index (χ1n) is 5.17. The van der Waals surface area contributed by atoms with Crippen molar-refractivity contribution < 1.29 is 9.59 Å². The van der Waals surface area contributed by atoms with Crippen LogP contribution in [0, 0.1) is 17.2 Å². The number of nitrogens with zero attached hydrogens (tertiary/aromatic N) is 2.